The molecule has 1 heterocycles. The summed E-state index contributed by atoms with van der Waals surface area (Å²) < 4.78 is 30.8. The van der Waals surface area contributed by atoms with Crippen LogP contribution in [0.1, 0.15) is 10.6 Å². The van der Waals surface area contributed by atoms with Crippen molar-refractivity contribution in [3.8, 4) is 0 Å². The second-order valence-corrected chi connectivity index (χ2v) is 4.17. The summed E-state index contributed by atoms with van der Waals surface area (Å²) in [6.45, 7) is -2.42. The summed E-state index contributed by atoms with van der Waals surface area (Å²) in [5.41, 5.74) is -0.245. The number of carbonyl (C=O) groups excluding carboxylic acids is 1. The van der Waals surface area contributed by atoms with Gasteiger partial charge in [0.2, 0.25) is 0 Å². The number of para-hydroxylation sites is 1. The molecule has 2 N–H and O–H groups in total. The number of fused-ring (bicyclic) bond motifs is 1. The molecule has 1 amide bonds. The van der Waals surface area contributed by atoms with Crippen LogP contribution in [0, 0.1) is 0 Å². The zero-order valence-electron chi connectivity index (χ0n) is 10.2. The van der Waals surface area contributed by atoms with Gasteiger partial charge in [-0.15, -0.1) is 0 Å². The van der Waals surface area contributed by atoms with Crippen LogP contribution in [-0.4, -0.2) is 30.1 Å². The molecule has 7 heteroatoms. The second-order valence-electron chi connectivity index (χ2n) is 4.17. The lowest BCUT2D eigenvalue weighted by molar-refractivity contribution is -0.0463. The molecule has 0 radical (unpaired) electrons. The van der Waals surface area contributed by atoms with E-state index in [4.69, 9.17) is 9.52 Å². The standard InChI is InChI=1S/C13H11F2NO4/c14-13(15,7-17)6-16-12(19)11-5-9(18)8-3-1-2-4-10(8)20-11/h1-5,17H,6-7H2,(H,16,19). The highest BCUT2D eigenvalue weighted by atomic mass is 19.3. The number of benzene rings is 1. The van der Waals surface area contributed by atoms with Gasteiger partial charge < -0.3 is 14.8 Å². The van der Waals surface area contributed by atoms with E-state index in [2.05, 4.69) is 0 Å². The highest BCUT2D eigenvalue weighted by Crippen LogP contribution is 2.13. The minimum Gasteiger partial charge on any atom is -0.451 e. The van der Waals surface area contributed by atoms with Crippen LogP contribution in [0.15, 0.2) is 39.5 Å². The van der Waals surface area contributed by atoms with Gasteiger partial charge in [0.05, 0.1) is 11.9 Å². The molecule has 2 rings (SSSR count). The molecule has 0 fully saturated rings. The van der Waals surface area contributed by atoms with Crippen LogP contribution < -0.4 is 10.7 Å². The quantitative estimate of drug-likeness (QED) is 0.882. The van der Waals surface area contributed by atoms with Crippen molar-refractivity contribution in [1.82, 2.24) is 5.32 Å². The summed E-state index contributed by atoms with van der Waals surface area (Å²) in [5.74, 6) is -4.73. The third-order valence-corrected chi connectivity index (χ3v) is 2.60. The average molecular weight is 283 g/mol. The van der Waals surface area contributed by atoms with Crippen LogP contribution in [0.5, 0.6) is 0 Å². The predicted octanol–water partition coefficient (Wildman–Crippen LogP) is 1.15. The first-order valence-electron chi connectivity index (χ1n) is 5.73. The van der Waals surface area contributed by atoms with Gasteiger partial charge in [0.15, 0.2) is 11.2 Å². The third kappa shape index (κ3) is 3.00. The number of rotatable bonds is 4. The van der Waals surface area contributed by atoms with Crippen LogP contribution in [0.4, 0.5) is 8.78 Å². The van der Waals surface area contributed by atoms with Gasteiger partial charge in [-0.25, -0.2) is 8.78 Å². The number of alkyl halides is 2. The average Bonchev–Trinajstić information content (AvgIpc) is 2.45. The first-order chi connectivity index (χ1) is 9.43. The van der Waals surface area contributed by atoms with Crippen LogP contribution in [0.25, 0.3) is 11.0 Å². The molecule has 0 atom stereocenters. The number of halogens is 2. The van der Waals surface area contributed by atoms with Gasteiger partial charge in [-0.1, -0.05) is 12.1 Å². The molecule has 0 spiro atoms. The normalized spacial score (nSPS) is 11.6. The van der Waals surface area contributed by atoms with E-state index >= 15 is 0 Å². The SMILES string of the molecule is O=C(NCC(F)(F)CO)c1cc(=O)c2ccccc2o1. The Labute approximate surface area is 111 Å². The van der Waals surface area contributed by atoms with Gasteiger partial charge in [0, 0.05) is 6.07 Å². The van der Waals surface area contributed by atoms with Crippen molar-refractivity contribution in [1.29, 1.82) is 0 Å². The number of hydrogen-bond acceptors (Lipinski definition) is 4. The van der Waals surface area contributed by atoms with Crippen molar-refractivity contribution in [3.63, 3.8) is 0 Å². The summed E-state index contributed by atoms with van der Waals surface area (Å²) in [5, 5.41) is 10.6. The Kier molecular flexibility index (Phi) is 3.80. The van der Waals surface area contributed by atoms with Gasteiger partial charge in [-0.3, -0.25) is 9.59 Å². The van der Waals surface area contributed by atoms with Crippen molar-refractivity contribution in [2.75, 3.05) is 13.2 Å². The Bertz CT molecular complexity index is 696. The number of carbonyl (C=O) groups is 1. The molecule has 1 aromatic carbocycles. The zero-order valence-corrected chi connectivity index (χ0v) is 10.2. The topological polar surface area (TPSA) is 79.5 Å². The Morgan fingerprint density at radius 2 is 2.05 bits per heavy atom. The lowest BCUT2D eigenvalue weighted by Gasteiger charge is -2.13. The highest BCUT2D eigenvalue weighted by Gasteiger charge is 2.28. The van der Waals surface area contributed by atoms with E-state index in [9.17, 15) is 18.4 Å². The van der Waals surface area contributed by atoms with Crippen molar-refractivity contribution >= 4 is 16.9 Å². The van der Waals surface area contributed by atoms with Crippen LogP contribution in [-0.2, 0) is 0 Å². The number of hydrogen-bond donors (Lipinski definition) is 2. The molecule has 0 saturated carbocycles. The molecular weight excluding hydrogens is 272 g/mol. The maximum absolute atomic E-state index is 12.8. The smallest absolute Gasteiger partial charge is 0.287 e. The third-order valence-electron chi connectivity index (χ3n) is 2.60. The van der Waals surface area contributed by atoms with Gasteiger partial charge in [0.25, 0.3) is 11.8 Å². The molecule has 0 aliphatic carbocycles. The molecule has 20 heavy (non-hydrogen) atoms. The van der Waals surface area contributed by atoms with E-state index in [0.29, 0.717) is 5.39 Å². The fourth-order valence-corrected chi connectivity index (χ4v) is 1.57. The molecule has 0 unspecified atom stereocenters. The molecule has 0 saturated heterocycles. The van der Waals surface area contributed by atoms with Crippen molar-refractivity contribution in [2.24, 2.45) is 0 Å². The minimum absolute atomic E-state index is 0.194. The lowest BCUT2D eigenvalue weighted by atomic mass is 10.2. The maximum atomic E-state index is 12.8. The molecular formula is C13H11F2NO4. The monoisotopic (exact) mass is 283 g/mol. The zero-order chi connectivity index (χ0) is 14.8. The van der Waals surface area contributed by atoms with Crippen LogP contribution in [0.3, 0.4) is 0 Å². The number of aliphatic hydroxyl groups excluding tert-OH is 1. The van der Waals surface area contributed by atoms with Crippen molar-refractivity contribution in [3.05, 3.63) is 46.3 Å². The summed E-state index contributed by atoms with van der Waals surface area (Å²) in [7, 11) is 0. The van der Waals surface area contributed by atoms with Gasteiger partial charge in [0.1, 0.15) is 12.2 Å². The molecule has 0 aliphatic heterocycles. The Hall–Kier alpha value is -2.28. The molecule has 5 nitrogen and oxygen atoms in total. The largest absolute Gasteiger partial charge is 0.451 e. The van der Waals surface area contributed by atoms with Gasteiger partial charge in [-0.05, 0) is 12.1 Å². The van der Waals surface area contributed by atoms with E-state index in [0.717, 1.165) is 6.07 Å². The fourth-order valence-electron chi connectivity index (χ4n) is 1.57. The molecule has 1 aromatic heterocycles. The van der Waals surface area contributed by atoms with Crippen LogP contribution >= 0.6 is 0 Å². The predicted molar refractivity (Wildman–Crippen MR) is 66.9 cm³/mol. The minimum atomic E-state index is -3.42. The maximum Gasteiger partial charge on any atom is 0.287 e. The summed E-state index contributed by atoms with van der Waals surface area (Å²) >= 11 is 0. The highest BCUT2D eigenvalue weighted by molar-refractivity contribution is 5.93. The van der Waals surface area contributed by atoms with E-state index in [1.165, 1.54) is 12.1 Å². The molecule has 106 valence electrons. The van der Waals surface area contributed by atoms with Crippen molar-refractivity contribution in [2.45, 2.75) is 5.92 Å². The molecule has 2 aromatic rings. The number of amides is 1. The fraction of sp³-hybridized carbons (Fsp3) is 0.231. The second kappa shape index (κ2) is 5.38. The van der Waals surface area contributed by atoms with E-state index in [1.807, 2.05) is 5.32 Å². The Morgan fingerprint density at radius 3 is 2.75 bits per heavy atom. The Morgan fingerprint density at radius 1 is 1.35 bits per heavy atom. The summed E-state index contributed by atoms with van der Waals surface area (Å²) in [6, 6.07) is 7.22. The number of nitrogens with one attached hydrogen (secondary N) is 1. The van der Waals surface area contributed by atoms with E-state index < -0.39 is 30.4 Å². The van der Waals surface area contributed by atoms with E-state index in [-0.39, 0.29) is 11.3 Å². The van der Waals surface area contributed by atoms with E-state index in [1.54, 1.807) is 12.1 Å². The molecule has 0 bridgehead atoms. The Balaban J connectivity index is 2.25. The van der Waals surface area contributed by atoms with Gasteiger partial charge in [-0.2, -0.15) is 0 Å². The summed E-state index contributed by atoms with van der Waals surface area (Å²) in [6.07, 6.45) is 0. The first-order valence-corrected chi connectivity index (χ1v) is 5.73. The first kappa shape index (κ1) is 14.1. The summed E-state index contributed by atoms with van der Waals surface area (Å²) in [4.78, 5) is 23.4. The van der Waals surface area contributed by atoms with Crippen LogP contribution in [0.2, 0.25) is 0 Å². The van der Waals surface area contributed by atoms with Gasteiger partial charge >= 0.3 is 0 Å². The lowest BCUT2D eigenvalue weighted by Crippen LogP contribution is -2.39. The van der Waals surface area contributed by atoms with Crippen molar-refractivity contribution < 1.29 is 23.1 Å². The molecule has 0 aliphatic rings. The number of aliphatic hydroxyl groups is 1.